The molecule has 0 N–H and O–H groups in total. The molecule has 0 spiro atoms. The third-order valence-electron chi connectivity index (χ3n) is 4.71. The summed E-state index contributed by atoms with van der Waals surface area (Å²) >= 11 is 1.76. The maximum Gasteiger partial charge on any atom is 0.335 e. The summed E-state index contributed by atoms with van der Waals surface area (Å²) in [6.07, 6.45) is -0.0934. The van der Waals surface area contributed by atoms with Gasteiger partial charge in [0.25, 0.3) is 0 Å². The van der Waals surface area contributed by atoms with Gasteiger partial charge in [-0.05, 0) is 55.7 Å². The molecule has 0 aliphatic heterocycles. The fraction of sp³-hybridized carbons (Fsp3) is 0.320. The quantitative estimate of drug-likeness (QED) is 0.385. The molecule has 158 valence electrons. The van der Waals surface area contributed by atoms with Gasteiger partial charge in [0.1, 0.15) is 12.4 Å². The molecule has 4 nitrogen and oxygen atoms in total. The van der Waals surface area contributed by atoms with Crippen LogP contribution < -0.4 is 4.74 Å². The van der Waals surface area contributed by atoms with Gasteiger partial charge < -0.3 is 14.2 Å². The zero-order valence-electron chi connectivity index (χ0n) is 17.7. The van der Waals surface area contributed by atoms with Crippen LogP contribution in [0.25, 0.3) is 10.4 Å². The third-order valence-corrected chi connectivity index (χ3v) is 5.97. The molecule has 1 atom stereocenters. The minimum absolute atomic E-state index is 0.318. The van der Waals surface area contributed by atoms with Crippen molar-refractivity contribution in [1.29, 1.82) is 0 Å². The van der Waals surface area contributed by atoms with Crippen molar-refractivity contribution < 1.29 is 19.0 Å². The number of aryl methyl sites for hydroxylation is 1. The molecular formula is C25H28O4S. The molecule has 0 saturated carbocycles. The van der Waals surface area contributed by atoms with Crippen molar-refractivity contribution in [3.63, 3.8) is 0 Å². The molecule has 0 aliphatic carbocycles. The zero-order chi connectivity index (χ0) is 21.3. The SMILES string of the molecule is CCOC(=O)[C@H](Cc1ccc(OCc2sc(-c3ccccc3)cc2C)cc1)OCC. The lowest BCUT2D eigenvalue weighted by molar-refractivity contribution is -0.156. The van der Waals surface area contributed by atoms with Crippen molar-refractivity contribution >= 4 is 17.3 Å². The lowest BCUT2D eigenvalue weighted by atomic mass is 10.1. The molecular weight excluding hydrogens is 396 g/mol. The van der Waals surface area contributed by atoms with Gasteiger partial charge in [0.05, 0.1) is 6.61 Å². The molecule has 0 bridgehead atoms. The van der Waals surface area contributed by atoms with Crippen LogP contribution >= 0.6 is 11.3 Å². The van der Waals surface area contributed by atoms with E-state index in [9.17, 15) is 4.79 Å². The number of benzene rings is 2. The normalized spacial score (nSPS) is 11.8. The Bertz CT molecular complexity index is 932. The Labute approximate surface area is 182 Å². The number of thiophene rings is 1. The number of esters is 1. The van der Waals surface area contributed by atoms with E-state index in [-0.39, 0.29) is 5.97 Å². The first kappa shape index (κ1) is 22.1. The van der Waals surface area contributed by atoms with E-state index in [1.54, 1.807) is 18.3 Å². The van der Waals surface area contributed by atoms with Gasteiger partial charge in [-0.15, -0.1) is 11.3 Å². The highest BCUT2D eigenvalue weighted by molar-refractivity contribution is 7.15. The molecule has 0 fully saturated rings. The molecule has 0 aliphatic rings. The van der Waals surface area contributed by atoms with Crippen molar-refractivity contribution in [3.8, 4) is 16.2 Å². The average Bonchev–Trinajstić information content (AvgIpc) is 3.14. The number of hydrogen-bond donors (Lipinski definition) is 0. The van der Waals surface area contributed by atoms with Gasteiger partial charge in [-0.2, -0.15) is 0 Å². The predicted octanol–water partition coefficient (Wildman–Crippen LogP) is 5.81. The molecule has 0 unspecified atom stereocenters. The van der Waals surface area contributed by atoms with Gasteiger partial charge in [0, 0.05) is 22.8 Å². The first-order chi connectivity index (χ1) is 14.6. The van der Waals surface area contributed by atoms with E-state index in [4.69, 9.17) is 14.2 Å². The van der Waals surface area contributed by atoms with E-state index >= 15 is 0 Å². The predicted molar refractivity (Wildman–Crippen MR) is 121 cm³/mol. The average molecular weight is 425 g/mol. The summed E-state index contributed by atoms with van der Waals surface area (Å²) in [4.78, 5) is 14.5. The second-order valence-electron chi connectivity index (χ2n) is 6.92. The number of carbonyl (C=O) groups excluding carboxylic acids is 1. The van der Waals surface area contributed by atoms with E-state index in [0.29, 0.717) is 26.2 Å². The van der Waals surface area contributed by atoms with Crippen LogP contribution in [0.3, 0.4) is 0 Å². The Balaban J connectivity index is 1.60. The van der Waals surface area contributed by atoms with Gasteiger partial charge in [-0.3, -0.25) is 0 Å². The zero-order valence-corrected chi connectivity index (χ0v) is 18.5. The minimum atomic E-state index is -0.577. The number of ether oxygens (including phenoxy) is 3. The van der Waals surface area contributed by atoms with Crippen LogP contribution in [0.4, 0.5) is 0 Å². The highest BCUT2D eigenvalue weighted by Gasteiger charge is 2.20. The van der Waals surface area contributed by atoms with Gasteiger partial charge in [-0.25, -0.2) is 4.79 Å². The Kier molecular flexibility index (Phi) is 8.05. The van der Waals surface area contributed by atoms with Gasteiger partial charge in [0.2, 0.25) is 0 Å². The van der Waals surface area contributed by atoms with Crippen molar-refractivity contribution in [2.75, 3.05) is 13.2 Å². The standard InChI is InChI=1S/C25H28O4S/c1-4-27-22(25(26)28-5-2)16-19-11-13-21(14-12-19)29-17-24-18(3)15-23(30-24)20-9-7-6-8-10-20/h6-15,22H,4-5,16-17H2,1-3H3/t22-/m0/s1. The summed E-state index contributed by atoms with van der Waals surface area (Å²) < 4.78 is 16.6. The largest absolute Gasteiger partial charge is 0.488 e. The summed E-state index contributed by atoms with van der Waals surface area (Å²) in [7, 11) is 0. The van der Waals surface area contributed by atoms with E-state index in [1.165, 1.54) is 20.9 Å². The lowest BCUT2D eigenvalue weighted by Crippen LogP contribution is -2.28. The van der Waals surface area contributed by atoms with Crippen molar-refractivity contribution in [2.24, 2.45) is 0 Å². The topological polar surface area (TPSA) is 44.8 Å². The van der Waals surface area contributed by atoms with Crippen LogP contribution in [0.5, 0.6) is 5.75 Å². The summed E-state index contributed by atoms with van der Waals surface area (Å²) in [6.45, 7) is 7.14. The van der Waals surface area contributed by atoms with Gasteiger partial charge in [-0.1, -0.05) is 42.5 Å². The van der Waals surface area contributed by atoms with Crippen LogP contribution in [0, 0.1) is 6.92 Å². The van der Waals surface area contributed by atoms with E-state index in [0.717, 1.165) is 11.3 Å². The molecule has 0 radical (unpaired) electrons. The van der Waals surface area contributed by atoms with Crippen LogP contribution in [0.1, 0.15) is 29.9 Å². The monoisotopic (exact) mass is 424 g/mol. The first-order valence-corrected chi connectivity index (χ1v) is 11.1. The highest BCUT2D eigenvalue weighted by atomic mass is 32.1. The van der Waals surface area contributed by atoms with Crippen molar-refractivity contribution in [2.45, 2.75) is 39.9 Å². The molecule has 30 heavy (non-hydrogen) atoms. The summed E-state index contributed by atoms with van der Waals surface area (Å²) in [5.41, 5.74) is 3.48. The fourth-order valence-electron chi connectivity index (χ4n) is 3.14. The molecule has 2 aromatic carbocycles. The van der Waals surface area contributed by atoms with E-state index in [2.05, 4.69) is 37.3 Å². The molecule has 1 aromatic heterocycles. The molecule has 0 amide bonds. The van der Waals surface area contributed by atoms with Crippen LogP contribution in [0.15, 0.2) is 60.7 Å². The minimum Gasteiger partial charge on any atom is -0.488 e. The molecule has 3 aromatic rings. The van der Waals surface area contributed by atoms with E-state index < -0.39 is 6.10 Å². The summed E-state index contributed by atoms with van der Waals surface area (Å²) in [5, 5.41) is 0. The summed E-state index contributed by atoms with van der Waals surface area (Å²) in [6, 6.07) is 20.4. The Morgan fingerprint density at radius 2 is 1.73 bits per heavy atom. The summed E-state index contributed by atoms with van der Waals surface area (Å²) in [5.74, 6) is 0.485. The number of carbonyl (C=O) groups is 1. The van der Waals surface area contributed by atoms with Crippen molar-refractivity contribution in [3.05, 3.63) is 76.7 Å². The van der Waals surface area contributed by atoms with Crippen LogP contribution in [-0.2, 0) is 27.3 Å². The molecule has 0 saturated heterocycles. The second kappa shape index (κ2) is 11.0. The Morgan fingerprint density at radius 3 is 2.40 bits per heavy atom. The molecule has 3 rings (SSSR count). The maximum atomic E-state index is 12.0. The number of rotatable bonds is 10. The smallest absolute Gasteiger partial charge is 0.335 e. The van der Waals surface area contributed by atoms with Crippen LogP contribution in [-0.4, -0.2) is 25.3 Å². The lowest BCUT2D eigenvalue weighted by Gasteiger charge is -2.15. The van der Waals surface area contributed by atoms with E-state index in [1.807, 2.05) is 37.3 Å². The Hall–Kier alpha value is -2.63. The maximum absolute atomic E-state index is 12.0. The van der Waals surface area contributed by atoms with Crippen molar-refractivity contribution in [1.82, 2.24) is 0 Å². The first-order valence-electron chi connectivity index (χ1n) is 10.2. The van der Waals surface area contributed by atoms with Gasteiger partial charge in [0.15, 0.2) is 6.10 Å². The highest BCUT2D eigenvalue weighted by Crippen LogP contribution is 2.32. The fourth-order valence-corrected chi connectivity index (χ4v) is 4.23. The number of hydrogen-bond acceptors (Lipinski definition) is 5. The molecule has 1 heterocycles. The Morgan fingerprint density at radius 1 is 1.00 bits per heavy atom. The van der Waals surface area contributed by atoms with Gasteiger partial charge >= 0.3 is 5.97 Å². The van der Waals surface area contributed by atoms with Crippen LogP contribution in [0.2, 0.25) is 0 Å². The molecule has 5 heteroatoms. The third kappa shape index (κ3) is 5.94. The second-order valence-corrected chi connectivity index (χ2v) is 8.05.